The Morgan fingerprint density at radius 3 is 2.69 bits per heavy atom. The first kappa shape index (κ1) is 24.8. The summed E-state index contributed by atoms with van der Waals surface area (Å²) in [6.45, 7) is 5.80. The largest absolute Gasteiger partial charge is 0.496 e. The van der Waals surface area contributed by atoms with Crippen molar-refractivity contribution in [1.29, 1.82) is 0 Å². The lowest BCUT2D eigenvalue weighted by Crippen LogP contribution is -2.19. The number of methoxy groups -OCH3 is 2. The number of fused-ring (bicyclic) bond motifs is 1. The van der Waals surface area contributed by atoms with Gasteiger partial charge in [0.05, 0.1) is 27.0 Å². The number of hydrogen-bond acceptors (Lipinski definition) is 8. The average Bonchev–Trinajstić information content (AvgIpc) is 3.48. The van der Waals surface area contributed by atoms with Crippen LogP contribution in [-0.4, -0.2) is 43.5 Å². The second-order valence-corrected chi connectivity index (χ2v) is 9.50. The predicted octanol–water partition coefficient (Wildman–Crippen LogP) is 3.00. The van der Waals surface area contributed by atoms with Crippen LogP contribution < -0.4 is 19.5 Å². The Bertz CT molecular complexity index is 1540. The number of carbonyl (C=O) groups excluding carboxylic acids is 1. The number of aromatic nitrogens is 3. The van der Waals surface area contributed by atoms with E-state index in [2.05, 4.69) is 26.9 Å². The predicted molar refractivity (Wildman–Crippen MR) is 132 cm³/mol. The summed E-state index contributed by atoms with van der Waals surface area (Å²) in [7, 11) is -1.16. The highest BCUT2D eigenvalue weighted by atomic mass is 32.2. The molecule has 36 heavy (non-hydrogen) atoms. The summed E-state index contributed by atoms with van der Waals surface area (Å²) in [5.74, 6) is 0.324. The van der Waals surface area contributed by atoms with Gasteiger partial charge in [0.2, 0.25) is 5.91 Å². The van der Waals surface area contributed by atoms with Gasteiger partial charge in [-0.15, -0.1) is 0 Å². The van der Waals surface area contributed by atoms with Crippen LogP contribution in [0.25, 0.3) is 11.0 Å². The van der Waals surface area contributed by atoms with Crippen molar-refractivity contribution in [2.75, 3.05) is 18.9 Å². The van der Waals surface area contributed by atoms with Crippen molar-refractivity contribution in [2.24, 2.45) is 0 Å². The highest BCUT2D eigenvalue weighted by Gasteiger charge is 2.26. The number of anilines is 1. The van der Waals surface area contributed by atoms with Crippen LogP contribution in [0.5, 0.6) is 11.5 Å². The Kier molecular flexibility index (Phi) is 6.97. The fraction of sp³-hybridized carbons (Fsp3) is 0.208. The van der Waals surface area contributed by atoms with Crippen LogP contribution in [0.1, 0.15) is 16.7 Å². The molecule has 12 heteroatoms. The first-order chi connectivity index (χ1) is 17.2. The van der Waals surface area contributed by atoms with E-state index in [9.17, 15) is 13.2 Å². The van der Waals surface area contributed by atoms with E-state index in [1.807, 2.05) is 0 Å². The summed E-state index contributed by atoms with van der Waals surface area (Å²) in [5.41, 5.74) is 2.47. The third-order valence-corrected chi connectivity index (χ3v) is 6.92. The molecule has 1 amide bonds. The van der Waals surface area contributed by atoms with E-state index < -0.39 is 10.0 Å². The minimum Gasteiger partial charge on any atom is -0.496 e. The van der Waals surface area contributed by atoms with E-state index in [4.69, 9.17) is 14.0 Å². The molecule has 0 radical (unpaired) electrons. The van der Waals surface area contributed by atoms with Crippen LogP contribution in [0.2, 0.25) is 0 Å². The zero-order valence-corrected chi connectivity index (χ0v) is 20.8. The monoisotopic (exact) mass is 511 g/mol. The SMILES string of the molecule is C=CC(=O)NCc1cnn(Cc2cc(OC)c3c(NS(=O)(=O)c4c(C)cccc4OC)noc3c2)c1. The molecule has 0 atom stereocenters. The van der Waals surface area contributed by atoms with Gasteiger partial charge < -0.3 is 19.3 Å². The van der Waals surface area contributed by atoms with Crippen LogP contribution in [0.3, 0.4) is 0 Å². The van der Waals surface area contributed by atoms with Crippen molar-refractivity contribution >= 4 is 32.7 Å². The molecule has 2 aromatic heterocycles. The van der Waals surface area contributed by atoms with Gasteiger partial charge in [0.25, 0.3) is 10.0 Å². The number of aryl methyl sites for hydroxylation is 1. The molecule has 0 aliphatic heterocycles. The topological polar surface area (TPSA) is 138 Å². The number of nitrogens with zero attached hydrogens (tertiary/aromatic N) is 3. The summed E-state index contributed by atoms with van der Waals surface area (Å²) in [6.07, 6.45) is 4.66. The second-order valence-electron chi connectivity index (χ2n) is 7.88. The lowest BCUT2D eigenvalue weighted by Gasteiger charge is -2.13. The van der Waals surface area contributed by atoms with Crippen molar-refractivity contribution in [3.05, 3.63) is 72.1 Å². The molecule has 11 nitrogen and oxygen atoms in total. The number of amides is 1. The average molecular weight is 512 g/mol. The summed E-state index contributed by atoms with van der Waals surface area (Å²) >= 11 is 0. The van der Waals surface area contributed by atoms with Gasteiger partial charge in [-0.3, -0.25) is 14.2 Å². The van der Waals surface area contributed by atoms with Gasteiger partial charge in [0.15, 0.2) is 11.4 Å². The Balaban J connectivity index is 1.61. The van der Waals surface area contributed by atoms with Crippen molar-refractivity contribution in [3.8, 4) is 11.5 Å². The number of nitrogens with one attached hydrogen (secondary N) is 2. The van der Waals surface area contributed by atoms with Gasteiger partial charge in [0, 0.05) is 18.3 Å². The van der Waals surface area contributed by atoms with Crippen LogP contribution in [0.4, 0.5) is 5.82 Å². The number of carbonyl (C=O) groups is 1. The minimum atomic E-state index is -4.05. The molecule has 0 bridgehead atoms. The minimum absolute atomic E-state index is 0.00181. The van der Waals surface area contributed by atoms with Gasteiger partial charge in [-0.2, -0.15) is 5.10 Å². The van der Waals surface area contributed by atoms with Gasteiger partial charge >= 0.3 is 0 Å². The standard InChI is InChI=1S/C24H25N5O6S/c1-5-21(30)25-11-17-12-26-29(14-17)13-16-9-19(34-4)22-20(10-16)35-27-24(22)28-36(31,32)23-15(2)7-6-8-18(23)33-3/h5-10,12,14H,1,11,13H2,2-4H3,(H,25,30)(H,27,28). The Hall–Kier alpha value is -4.32. The third kappa shape index (κ3) is 5.03. The number of sulfonamides is 1. The molecule has 0 aliphatic rings. The Morgan fingerprint density at radius 1 is 1.19 bits per heavy atom. The van der Waals surface area contributed by atoms with Crippen LogP contribution in [0.15, 0.2) is 64.8 Å². The molecule has 4 rings (SSSR count). The van der Waals surface area contributed by atoms with Crippen molar-refractivity contribution in [2.45, 2.75) is 24.9 Å². The number of benzene rings is 2. The molecule has 4 aromatic rings. The first-order valence-corrected chi connectivity index (χ1v) is 12.3. The van der Waals surface area contributed by atoms with Gasteiger partial charge in [0.1, 0.15) is 21.8 Å². The summed E-state index contributed by atoms with van der Waals surface area (Å²) < 4.78 is 46.8. The summed E-state index contributed by atoms with van der Waals surface area (Å²) in [5, 5.41) is 11.3. The van der Waals surface area contributed by atoms with Gasteiger partial charge in [-0.25, -0.2) is 8.42 Å². The zero-order chi connectivity index (χ0) is 25.9. The highest BCUT2D eigenvalue weighted by Crippen LogP contribution is 2.36. The van der Waals surface area contributed by atoms with Crippen molar-refractivity contribution < 1.29 is 27.2 Å². The summed E-state index contributed by atoms with van der Waals surface area (Å²) in [4.78, 5) is 11.4. The zero-order valence-electron chi connectivity index (χ0n) is 19.9. The highest BCUT2D eigenvalue weighted by molar-refractivity contribution is 7.92. The van der Waals surface area contributed by atoms with Crippen LogP contribution >= 0.6 is 0 Å². The van der Waals surface area contributed by atoms with Crippen LogP contribution in [0, 0.1) is 6.92 Å². The number of hydrogen-bond donors (Lipinski definition) is 2. The molecule has 0 saturated heterocycles. The fourth-order valence-electron chi connectivity index (χ4n) is 3.75. The quantitative estimate of drug-likeness (QED) is 0.310. The fourth-order valence-corrected chi connectivity index (χ4v) is 5.16. The van der Waals surface area contributed by atoms with Crippen LogP contribution in [-0.2, 0) is 27.9 Å². The molecule has 188 valence electrons. The molecule has 0 fully saturated rings. The second kappa shape index (κ2) is 10.1. The molecule has 0 spiro atoms. The number of ether oxygens (including phenoxy) is 2. The van der Waals surface area contributed by atoms with E-state index in [1.54, 1.807) is 54.3 Å². The lowest BCUT2D eigenvalue weighted by atomic mass is 10.1. The maximum Gasteiger partial charge on any atom is 0.267 e. The summed E-state index contributed by atoms with van der Waals surface area (Å²) in [6, 6.07) is 8.45. The van der Waals surface area contributed by atoms with E-state index in [1.165, 1.54) is 20.3 Å². The van der Waals surface area contributed by atoms with Gasteiger partial charge in [-0.05, 0) is 42.3 Å². The molecular formula is C24H25N5O6S. The van der Waals surface area contributed by atoms with E-state index >= 15 is 0 Å². The molecule has 2 N–H and O–H groups in total. The third-order valence-electron chi connectivity index (χ3n) is 5.40. The Labute approximate surface area is 207 Å². The van der Waals surface area contributed by atoms with Gasteiger partial charge in [-0.1, -0.05) is 23.9 Å². The molecule has 0 aliphatic carbocycles. The smallest absolute Gasteiger partial charge is 0.267 e. The number of rotatable bonds is 10. The lowest BCUT2D eigenvalue weighted by molar-refractivity contribution is -0.116. The van der Waals surface area contributed by atoms with E-state index in [-0.39, 0.29) is 22.4 Å². The first-order valence-electron chi connectivity index (χ1n) is 10.8. The van der Waals surface area contributed by atoms with E-state index in [0.29, 0.717) is 35.4 Å². The molecule has 0 saturated carbocycles. The van der Waals surface area contributed by atoms with Crippen molar-refractivity contribution in [3.63, 3.8) is 0 Å². The maximum absolute atomic E-state index is 13.2. The van der Waals surface area contributed by atoms with E-state index in [0.717, 1.165) is 11.1 Å². The molecule has 2 heterocycles. The maximum atomic E-state index is 13.2. The normalized spacial score (nSPS) is 11.3. The Morgan fingerprint density at radius 2 is 1.97 bits per heavy atom. The molecular weight excluding hydrogens is 486 g/mol. The van der Waals surface area contributed by atoms with Crippen molar-refractivity contribution in [1.82, 2.24) is 20.3 Å². The molecule has 0 unspecified atom stereocenters. The molecule has 2 aromatic carbocycles.